The number of aliphatic imine (C=N–C) groups is 1. The maximum atomic E-state index is 8.51. The van der Waals surface area contributed by atoms with E-state index < -0.39 is 0 Å². The average Bonchev–Trinajstić information content (AvgIpc) is 2.34. The molecule has 4 heteroatoms. The van der Waals surface area contributed by atoms with Gasteiger partial charge in [-0.1, -0.05) is 0 Å². The molecule has 52 valence electrons. The van der Waals surface area contributed by atoms with Crippen molar-refractivity contribution < 1.29 is 14.9 Å². The van der Waals surface area contributed by atoms with Gasteiger partial charge in [-0.25, -0.2) is 4.99 Å². The summed E-state index contributed by atoms with van der Waals surface area (Å²) in [7, 11) is 0. The molecule has 1 rings (SSSR count). The highest BCUT2D eigenvalue weighted by atomic mass is 16.5. The molecule has 0 aromatic heterocycles. The zero-order valence-corrected chi connectivity index (χ0v) is 4.95. The molecular weight excluding hydrogens is 122 g/mol. The molecule has 0 radical (unpaired) electrons. The number of nitrogens with zero attached hydrogens (tertiary/aromatic N) is 1. The van der Waals surface area contributed by atoms with E-state index in [1.807, 2.05) is 0 Å². The van der Waals surface area contributed by atoms with Gasteiger partial charge in [0.25, 0.3) is 0 Å². The molecule has 9 heavy (non-hydrogen) atoms. The lowest BCUT2D eigenvalue weighted by Crippen LogP contribution is -2.10. The number of aliphatic hydroxyl groups is 2. The van der Waals surface area contributed by atoms with Gasteiger partial charge in [0, 0.05) is 0 Å². The fraction of sp³-hybridized carbons (Fsp3) is 0.800. The number of rotatable bonds is 2. The standard InChI is InChI=1S/C5H9NO3/c7-1-4-3-9-5(2-8)6-4/h4,7-8H,1-3H2. The van der Waals surface area contributed by atoms with Gasteiger partial charge in [-0.05, 0) is 0 Å². The van der Waals surface area contributed by atoms with Gasteiger partial charge in [-0.2, -0.15) is 0 Å². The van der Waals surface area contributed by atoms with Crippen molar-refractivity contribution in [2.24, 2.45) is 4.99 Å². The first-order valence-electron chi connectivity index (χ1n) is 2.78. The first-order valence-corrected chi connectivity index (χ1v) is 2.78. The van der Waals surface area contributed by atoms with Crippen molar-refractivity contribution in [3.8, 4) is 0 Å². The van der Waals surface area contributed by atoms with Gasteiger partial charge in [0.15, 0.2) is 0 Å². The van der Waals surface area contributed by atoms with E-state index >= 15 is 0 Å². The zero-order valence-electron chi connectivity index (χ0n) is 4.95. The van der Waals surface area contributed by atoms with Crippen LogP contribution in [-0.2, 0) is 4.74 Å². The van der Waals surface area contributed by atoms with Crippen molar-refractivity contribution >= 4 is 5.90 Å². The van der Waals surface area contributed by atoms with Gasteiger partial charge in [-0.3, -0.25) is 0 Å². The molecule has 0 aromatic rings. The first-order chi connectivity index (χ1) is 4.36. The highest BCUT2D eigenvalue weighted by Crippen LogP contribution is 2.01. The molecule has 1 unspecified atom stereocenters. The topological polar surface area (TPSA) is 62.1 Å². The number of aliphatic hydroxyl groups excluding tert-OH is 2. The van der Waals surface area contributed by atoms with E-state index in [1.54, 1.807) is 0 Å². The van der Waals surface area contributed by atoms with Gasteiger partial charge in [0.05, 0.1) is 6.61 Å². The summed E-state index contributed by atoms with van der Waals surface area (Å²) in [6, 6.07) is -0.160. The smallest absolute Gasteiger partial charge is 0.210 e. The fourth-order valence-electron chi connectivity index (χ4n) is 0.651. The number of hydrogen-bond donors (Lipinski definition) is 2. The molecule has 1 heterocycles. The summed E-state index contributed by atoms with van der Waals surface area (Å²) in [5.74, 6) is 0.328. The molecule has 4 nitrogen and oxygen atoms in total. The third-order valence-corrected chi connectivity index (χ3v) is 1.11. The lowest BCUT2D eigenvalue weighted by atomic mass is 10.4. The van der Waals surface area contributed by atoms with Crippen molar-refractivity contribution in [3.63, 3.8) is 0 Å². The van der Waals surface area contributed by atoms with Gasteiger partial charge in [-0.15, -0.1) is 0 Å². The first kappa shape index (κ1) is 6.51. The van der Waals surface area contributed by atoms with E-state index in [4.69, 9.17) is 14.9 Å². The van der Waals surface area contributed by atoms with Crippen LogP contribution >= 0.6 is 0 Å². The maximum absolute atomic E-state index is 8.51. The van der Waals surface area contributed by atoms with Crippen LogP contribution in [0.5, 0.6) is 0 Å². The largest absolute Gasteiger partial charge is 0.477 e. The summed E-state index contributed by atoms with van der Waals surface area (Å²) < 4.78 is 4.85. The van der Waals surface area contributed by atoms with Crippen molar-refractivity contribution in [2.75, 3.05) is 19.8 Å². The molecule has 1 aliphatic heterocycles. The van der Waals surface area contributed by atoms with Crippen LogP contribution in [0.3, 0.4) is 0 Å². The van der Waals surface area contributed by atoms with Crippen molar-refractivity contribution in [1.29, 1.82) is 0 Å². The summed E-state index contributed by atoms with van der Waals surface area (Å²) in [5.41, 5.74) is 0. The molecule has 0 spiro atoms. The van der Waals surface area contributed by atoms with Crippen molar-refractivity contribution in [1.82, 2.24) is 0 Å². The van der Waals surface area contributed by atoms with E-state index in [1.165, 1.54) is 0 Å². The predicted molar refractivity (Wildman–Crippen MR) is 31.3 cm³/mol. The number of hydrogen-bond acceptors (Lipinski definition) is 4. The zero-order chi connectivity index (χ0) is 6.69. The molecule has 0 saturated carbocycles. The Hall–Kier alpha value is -0.610. The summed E-state index contributed by atoms with van der Waals surface area (Å²) in [6.07, 6.45) is 0. The van der Waals surface area contributed by atoms with Gasteiger partial charge in [0.2, 0.25) is 5.90 Å². The second kappa shape index (κ2) is 2.80. The molecule has 0 aliphatic carbocycles. The second-order valence-electron chi connectivity index (χ2n) is 1.83. The van der Waals surface area contributed by atoms with Crippen LogP contribution in [0.4, 0.5) is 0 Å². The predicted octanol–water partition coefficient (Wildman–Crippen LogP) is -1.23. The highest BCUT2D eigenvalue weighted by Gasteiger charge is 2.15. The Morgan fingerprint density at radius 1 is 1.67 bits per heavy atom. The Morgan fingerprint density at radius 2 is 2.44 bits per heavy atom. The summed E-state index contributed by atoms with van der Waals surface area (Å²) in [6.45, 7) is 0.215. The van der Waals surface area contributed by atoms with E-state index in [9.17, 15) is 0 Å². The minimum Gasteiger partial charge on any atom is -0.477 e. The van der Waals surface area contributed by atoms with Crippen molar-refractivity contribution in [3.05, 3.63) is 0 Å². The Labute approximate surface area is 52.8 Å². The lowest BCUT2D eigenvalue weighted by molar-refractivity contribution is 0.219. The fourth-order valence-corrected chi connectivity index (χ4v) is 0.651. The molecule has 1 aliphatic rings. The lowest BCUT2D eigenvalue weighted by Gasteiger charge is -1.95. The third kappa shape index (κ3) is 1.40. The maximum Gasteiger partial charge on any atom is 0.210 e. The van der Waals surface area contributed by atoms with Gasteiger partial charge in [0.1, 0.15) is 19.3 Å². The minimum absolute atomic E-state index is 0.0104. The van der Waals surface area contributed by atoms with E-state index in [0.29, 0.717) is 12.5 Å². The quantitative estimate of drug-likeness (QED) is 0.493. The second-order valence-corrected chi connectivity index (χ2v) is 1.83. The SMILES string of the molecule is OCC1=NC(CO)CO1. The molecule has 2 N–H and O–H groups in total. The molecule has 0 bridgehead atoms. The average molecular weight is 131 g/mol. The van der Waals surface area contributed by atoms with Crippen molar-refractivity contribution in [2.45, 2.75) is 6.04 Å². The molecule has 0 fully saturated rings. The molecule has 1 atom stereocenters. The third-order valence-electron chi connectivity index (χ3n) is 1.11. The van der Waals surface area contributed by atoms with Crippen LogP contribution < -0.4 is 0 Å². The molecular formula is C5H9NO3. The van der Waals surface area contributed by atoms with Crippen LogP contribution in [-0.4, -0.2) is 42.0 Å². The molecule has 0 saturated heterocycles. The Morgan fingerprint density at radius 3 is 2.78 bits per heavy atom. The molecule has 0 aromatic carbocycles. The van der Waals surface area contributed by atoms with Gasteiger partial charge >= 0.3 is 0 Å². The van der Waals surface area contributed by atoms with Crippen LogP contribution in [0.15, 0.2) is 4.99 Å². The van der Waals surface area contributed by atoms with Crippen LogP contribution in [0.25, 0.3) is 0 Å². The number of ether oxygens (including phenoxy) is 1. The Balaban J connectivity index is 2.40. The highest BCUT2D eigenvalue weighted by molar-refractivity contribution is 5.78. The Bertz CT molecular complexity index is 123. The summed E-state index contributed by atoms with van der Waals surface area (Å²) in [5, 5.41) is 17.0. The monoisotopic (exact) mass is 131 g/mol. The van der Waals surface area contributed by atoms with Crippen LogP contribution in [0.1, 0.15) is 0 Å². The van der Waals surface area contributed by atoms with Crippen LogP contribution in [0.2, 0.25) is 0 Å². The summed E-state index contributed by atoms with van der Waals surface area (Å²) >= 11 is 0. The Kier molecular flexibility index (Phi) is 2.02. The normalized spacial score (nSPS) is 25.6. The minimum atomic E-state index is -0.170. The van der Waals surface area contributed by atoms with E-state index in [-0.39, 0.29) is 19.3 Å². The van der Waals surface area contributed by atoms with Gasteiger partial charge < -0.3 is 14.9 Å². The van der Waals surface area contributed by atoms with E-state index in [0.717, 1.165) is 0 Å². The van der Waals surface area contributed by atoms with E-state index in [2.05, 4.69) is 4.99 Å². The van der Waals surface area contributed by atoms with Crippen LogP contribution in [0, 0.1) is 0 Å². The summed E-state index contributed by atoms with van der Waals surface area (Å²) in [4.78, 5) is 3.82. The molecule has 0 amide bonds.